The molecule has 140 valence electrons. The van der Waals surface area contributed by atoms with Crippen LogP contribution in [0.2, 0.25) is 0 Å². The van der Waals surface area contributed by atoms with Gasteiger partial charge in [0.1, 0.15) is 5.75 Å². The molecule has 0 unspecified atom stereocenters. The van der Waals surface area contributed by atoms with Crippen molar-refractivity contribution >= 4 is 5.91 Å². The van der Waals surface area contributed by atoms with Gasteiger partial charge >= 0.3 is 0 Å². The largest absolute Gasteiger partial charge is 0.497 e. The number of aromatic amines is 1. The third kappa shape index (κ3) is 4.43. The van der Waals surface area contributed by atoms with E-state index in [0.717, 1.165) is 34.7 Å². The summed E-state index contributed by atoms with van der Waals surface area (Å²) in [6.07, 6.45) is 1.96. The molecule has 1 aliphatic heterocycles. The summed E-state index contributed by atoms with van der Waals surface area (Å²) in [5.74, 6) is 1.01. The second-order valence-electron chi connectivity index (χ2n) is 6.81. The lowest BCUT2D eigenvalue weighted by molar-refractivity contribution is -0.138. The number of carbonyl (C=O) groups excluding carboxylic acids is 1. The van der Waals surface area contributed by atoms with Crippen LogP contribution in [0.5, 0.6) is 5.75 Å². The Bertz CT molecular complexity index is 757. The van der Waals surface area contributed by atoms with Gasteiger partial charge in [0.2, 0.25) is 5.91 Å². The lowest BCUT2D eigenvalue weighted by Gasteiger charge is -2.33. The molecule has 1 N–H and O–H groups in total. The Labute approximate surface area is 154 Å². The highest BCUT2D eigenvalue weighted by Crippen LogP contribution is 2.18. The molecule has 1 saturated heterocycles. The van der Waals surface area contributed by atoms with E-state index in [1.54, 1.807) is 7.11 Å². The lowest BCUT2D eigenvalue weighted by atomic mass is 10.1. The predicted molar refractivity (Wildman–Crippen MR) is 99.4 cm³/mol. The molecule has 6 heteroatoms. The fourth-order valence-corrected chi connectivity index (χ4v) is 3.29. The van der Waals surface area contributed by atoms with Gasteiger partial charge in [-0.1, -0.05) is 12.1 Å². The van der Waals surface area contributed by atoms with Crippen LogP contribution in [0, 0.1) is 13.8 Å². The van der Waals surface area contributed by atoms with E-state index in [9.17, 15) is 4.79 Å². The molecule has 1 aromatic heterocycles. The number of benzene rings is 1. The molecule has 6 nitrogen and oxygen atoms in total. The zero-order valence-corrected chi connectivity index (χ0v) is 15.7. The minimum atomic E-state index is 0.0224. The standard InChI is InChI=1S/C20H27N3O3/c1-14-15(2)21-22-19(14)7-8-20(24)23-9-10-26-18(13-23)12-16-5-4-6-17(11-16)25-3/h4-6,11,18H,7-10,12-13H2,1-3H3,(H,21,22)/t18-/m1/s1. The summed E-state index contributed by atoms with van der Waals surface area (Å²) in [7, 11) is 1.67. The average molecular weight is 357 g/mol. The number of hydrogen-bond acceptors (Lipinski definition) is 4. The van der Waals surface area contributed by atoms with Crippen LogP contribution in [-0.4, -0.2) is 53.9 Å². The summed E-state index contributed by atoms with van der Waals surface area (Å²) in [5, 5.41) is 7.27. The Morgan fingerprint density at radius 2 is 2.27 bits per heavy atom. The van der Waals surface area contributed by atoms with Gasteiger partial charge in [-0.3, -0.25) is 9.89 Å². The molecule has 1 amide bonds. The smallest absolute Gasteiger partial charge is 0.223 e. The molecule has 0 bridgehead atoms. The maximum absolute atomic E-state index is 12.6. The molecule has 1 atom stereocenters. The van der Waals surface area contributed by atoms with Crippen LogP contribution in [0.25, 0.3) is 0 Å². The first-order valence-corrected chi connectivity index (χ1v) is 9.09. The molecular formula is C20H27N3O3. The summed E-state index contributed by atoms with van der Waals surface area (Å²) in [5.41, 5.74) is 4.36. The topological polar surface area (TPSA) is 67.5 Å². The van der Waals surface area contributed by atoms with Crippen LogP contribution in [0.1, 0.15) is 28.9 Å². The van der Waals surface area contributed by atoms with Crippen LogP contribution >= 0.6 is 0 Å². The minimum Gasteiger partial charge on any atom is -0.497 e. The number of hydrogen-bond donors (Lipinski definition) is 1. The van der Waals surface area contributed by atoms with E-state index in [-0.39, 0.29) is 12.0 Å². The highest BCUT2D eigenvalue weighted by molar-refractivity contribution is 5.76. The molecule has 1 aliphatic rings. The van der Waals surface area contributed by atoms with Crippen molar-refractivity contribution in [2.75, 3.05) is 26.8 Å². The van der Waals surface area contributed by atoms with Gasteiger partial charge in [-0.15, -0.1) is 0 Å². The van der Waals surface area contributed by atoms with E-state index in [0.29, 0.717) is 32.5 Å². The van der Waals surface area contributed by atoms with E-state index in [1.165, 1.54) is 0 Å². The first-order chi connectivity index (χ1) is 12.6. The molecule has 1 fully saturated rings. The molecule has 2 aromatic rings. The van der Waals surface area contributed by atoms with Crippen LogP contribution in [0.3, 0.4) is 0 Å². The number of aryl methyl sites for hydroxylation is 2. The van der Waals surface area contributed by atoms with Crippen LogP contribution < -0.4 is 4.74 Å². The number of ether oxygens (including phenoxy) is 2. The first-order valence-electron chi connectivity index (χ1n) is 9.09. The number of nitrogens with zero attached hydrogens (tertiary/aromatic N) is 2. The number of nitrogens with one attached hydrogen (secondary N) is 1. The van der Waals surface area contributed by atoms with E-state index in [2.05, 4.69) is 16.3 Å². The minimum absolute atomic E-state index is 0.0224. The summed E-state index contributed by atoms with van der Waals surface area (Å²) < 4.78 is 11.1. The van der Waals surface area contributed by atoms with Crippen molar-refractivity contribution in [3.8, 4) is 5.75 Å². The fraction of sp³-hybridized carbons (Fsp3) is 0.500. The number of aromatic nitrogens is 2. The van der Waals surface area contributed by atoms with Crippen LogP contribution in [0.4, 0.5) is 0 Å². The Morgan fingerprint density at radius 1 is 1.42 bits per heavy atom. The first kappa shape index (κ1) is 18.5. The van der Waals surface area contributed by atoms with Gasteiger partial charge in [-0.25, -0.2) is 0 Å². The summed E-state index contributed by atoms with van der Waals surface area (Å²) in [6, 6.07) is 8.00. The van der Waals surface area contributed by atoms with E-state index in [1.807, 2.05) is 36.9 Å². The number of rotatable bonds is 6. The van der Waals surface area contributed by atoms with Crippen molar-refractivity contribution < 1.29 is 14.3 Å². The number of methoxy groups -OCH3 is 1. The Hall–Kier alpha value is -2.34. The maximum atomic E-state index is 12.6. The van der Waals surface area contributed by atoms with Gasteiger partial charge in [0.25, 0.3) is 0 Å². The molecule has 26 heavy (non-hydrogen) atoms. The van der Waals surface area contributed by atoms with Crippen molar-refractivity contribution in [3.05, 3.63) is 46.8 Å². The zero-order valence-electron chi connectivity index (χ0n) is 15.7. The molecule has 2 heterocycles. The van der Waals surface area contributed by atoms with E-state index < -0.39 is 0 Å². The lowest BCUT2D eigenvalue weighted by Crippen LogP contribution is -2.46. The molecule has 0 saturated carbocycles. The SMILES string of the molecule is COc1cccc(C[C@@H]2CN(C(=O)CCc3n[nH]c(C)c3C)CCO2)c1. The summed E-state index contributed by atoms with van der Waals surface area (Å²) in [6.45, 7) is 5.91. The van der Waals surface area contributed by atoms with Crippen molar-refractivity contribution in [1.82, 2.24) is 15.1 Å². The quantitative estimate of drug-likeness (QED) is 0.862. The second kappa shape index (κ2) is 8.36. The van der Waals surface area contributed by atoms with Gasteiger partial charge in [0.05, 0.1) is 25.5 Å². The van der Waals surface area contributed by atoms with Crippen molar-refractivity contribution in [2.45, 2.75) is 39.2 Å². The molecule has 0 spiro atoms. The van der Waals surface area contributed by atoms with Crippen LogP contribution in [-0.2, 0) is 22.4 Å². The van der Waals surface area contributed by atoms with Gasteiger partial charge in [0.15, 0.2) is 0 Å². The van der Waals surface area contributed by atoms with Gasteiger partial charge < -0.3 is 14.4 Å². The number of carbonyl (C=O) groups is 1. The summed E-state index contributed by atoms with van der Waals surface area (Å²) in [4.78, 5) is 14.5. The molecule has 0 aliphatic carbocycles. The highest BCUT2D eigenvalue weighted by Gasteiger charge is 2.24. The average Bonchev–Trinajstić information content (AvgIpc) is 2.98. The third-order valence-corrected chi connectivity index (χ3v) is 5.02. The number of H-pyrrole nitrogens is 1. The van der Waals surface area contributed by atoms with Crippen molar-refractivity contribution in [2.24, 2.45) is 0 Å². The van der Waals surface area contributed by atoms with E-state index in [4.69, 9.17) is 9.47 Å². The fourth-order valence-electron chi connectivity index (χ4n) is 3.29. The molecular weight excluding hydrogens is 330 g/mol. The Balaban J connectivity index is 1.53. The monoisotopic (exact) mass is 357 g/mol. The second-order valence-corrected chi connectivity index (χ2v) is 6.81. The van der Waals surface area contributed by atoms with Crippen LogP contribution in [0.15, 0.2) is 24.3 Å². The van der Waals surface area contributed by atoms with Gasteiger partial charge in [-0.2, -0.15) is 5.10 Å². The van der Waals surface area contributed by atoms with Crippen molar-refractivity contribution in [3.63, 3.8) is 0 Å². The van der Waals surface area contributed by atoms with E-state index >= 15 is 0 Å². The van der Waals surface area contributed by atoms with Gasteiger partial charge in [-0.05, 0) is 37.1 Å². The number of amides is 1. The Morgan fingerprint density at radius 3 is 3.00 bits per heavy atom. The third-order valence-electron chi connectivity index (χ3n) is 5.02. The predicted octanol–water partition coefficient (Wildman–Crippen LogP) is 2.44. The zero-order chi connectivity index (χ0) is 18.5. The maximum Gasteiger partial charge on any atom is 0.223 e. The molecule has 3 rings (SSSR count). The van der Waals surface area contributed by atoms with Gasteiger partial charge in [0, 0.05) is 38.0 Å². The molecule has 0 radical (unpaired) electrons. The Kier molecular flexibility index (Phi) is 5.93. The summed E-state index contributed by atoms with van der Waals surface area (Å²) >= 11 is 0. The highest BCUT2D eigenvalue weighted by atomic mass is 16.5. The number of morpholine rings is 1. The van der Waals surface area contributed by atoms with Crippen molar-refractivity contribution in [1.29, 1.82) is 0 Å². The molecule has 1 aromatic carbocycles. The normalized spacial score (nSPS) is 17.3.